The van der Waals surface area contributed by atoms with Crippen molar-refractivity contribution in [1.29, 1.82) is 0 Å². The highest BCUT2D eigenvalue weighted by molar-refractivity contribution is 5.95. The number of amides is 2. The van der Waals surface area contributed by atoms with Gasteiger partial charge in [-0.2, -0.15) is 0 Å². The Hall–Kier alpha value is -2.66. The molecule has 0 saturated heterocycles. The number of nitrogens with zero attached hydrogens (tertiary/aromatic N) is 1. The van der Waals surface area contributed by atoms with Gasteiger partial charge in [0.2, 0.25) is 5.91 Å². The van der Waals surface area contributed by atoms with Crippen LogP contribution in [0.1, 0.15) is 29.3 Å². The summed E-state index contributed by atoms with van der Waals surface area (Å²) in [5, 5.41) is 11.4. The molecule has 0 aliphatic carbocycles. The Balaban J connectivity index is 1.83. The molecule has 0 bridgehead atoms. The van der Waals surface area contributed by atoms with E-state index in [1.165, 1.54) is 5.56 Å². The Bertz CT molecular complexity index is 784. The first-order chi connectivity index (χ1) is 12.1. The Labute approximate surface area is 147 Å². The molecule has 2 aromatic carbocycles. The van der Waals surface area contributed by atoms with Crippen LogP contribution < -0.4 is 10.2 Å². The summed E-state index contributed by atoms with van der Waals surface area (Å²) in [5.41, 5.74) is 4.86. The van der Waals surface area contributed by atoms with Crippen LogP contribution in [0.3, 0.4) is 0 Å². The molecule has 1 heterocycles. The molecule has 25 heavy (non-hydrogen) atoms. The van der Waals surface area contributed by atoms with Crippen molar-refractivity contribution in [3.8, 4) is 11.1 Å². The maximum absolute atomic E-state index is 11.9. The molecule has 2 N–H and O–H groups in total. The summed E-state index contributed by atoms with van der Waals surface area (Å²) in [5.74, 6) is -0.116. The van der Waals surface area contributed by atoms with Crippen LogP contribution in [-0.2, 0) is 11.2 Å². The summed E-state index contributed by atoms with van der Waals surface area (Å²) < 4.78 is 0. The molecule has 0 radical (unpaired) electrons. The van der Waals surface area contributed by atoms with Crippen LogP contribution in [0.4, 0.5) is 5.69 Å². The van der Waals surface area contributed by atoms with Crippen molar-refractivity contribution in [2.45, 2.75) is 19.8 Å². The van der Waals surface area contributed by atoms with E-state index in [0.717, 1.165) is 36.2 Å². The maximum atomic E-state index is 11.9. The largest absolute Gasteiger partial charge is 0.395 e. The second-order valence-corrected chi connectivity index (χ2v) is 6.17. The van der Waals surface area contributed by atoms with E-state index in [4.69, 9.17) is 5.11 Å². The third-order valence-electron chi connectivity index (χ3n) is 4.46. The first-order valence-corrected chi connectivity index (χ1v) is 8.50. The van der Waals surface area contributed by atoms with Crippen LogP contribution in [0.2, 0.25) is 0 Å². The van der Waals surface area contributed by atoms with Gasteiger partial charge in [0.15, 0.2) is 0 Å². The zero-order valence-electron chi connectivity index (χ0n) is 14.3. The zero-order valence-corrected chi connectivity index (χ0v) is 14.3. The number of rotatable bonds is 4. The van der Waals surface area contributed by atoms with E-state index in [2.05, 4.69) is 11.4 Å². The number of carbonyl (C=O) groups excluding carboxylic acids is 2. The molecule has 3 rings (SSSR count). The summed E-state index contributed by atoms with van der Waals surface area (Å²) in [7, 11) is 0. The number of carbonyl (C=O) groups is 2. The number of benzene rings is 2. The highest BCUT2D eigenvalue weighted by Gasteiger charge is 2.20. The van der Waals surface area contributed by atoms with E-state index in [1.807, 2.05) is 29.2 Å². The Morgan fingerprint density at radius 1 is 1.12 bits per heavy atom. The van der Waals surface area contributed by atoms with Gasteiger partial charge in [0.05, 0.1) is 6.61 Å². The van der Waals surface area contributed by atoms with E-state index in [1.54, 1.807) is 19.1 Å². The van der Waals surface area contributed by atoms with E-state index in [9.17, 15) is 9.59 Å². The first-order valence-electron chi connectivity index (χ1n) is 8.50. The van der Waals surface area contributed by atoms with Gasteiger partial charge in [0, 0.05) is 31.3 Å². The lowest BCUT2D eigenvalue weighted by Crippen LogP contribution is -2.33. The molecule has 5 nitrogen and oxygen atoms in total. The van der Waals surface area contributed by atoms with E-state index in [-0.39, 0.29) is 25.0 Å². The smallest absolute Gasteiger partial charge is 0.251 e. The highest BCUT2D eigenvalue weighted by Crippen LogP contribution is 2.31. The molecular formula is C20H22N2O3. The number of aryl methyl sites for hydroxylation is 1. The average Bonchev–Trinajstić information content (AvgIpc) is 2.65. The molecule has 2 amide bonds. The first kappa shape index (κ1) is 17.2. The van der Waals surface area contributed by atoms with Crippen molar-refractivity contribution in [3.05, 3.63) is 53.6 Å². The average molecular weight is 338 g/mol. The monoisotopic (exact) mass is 338 g/mol. The molecule has 5 heteroatoms. The fourth-order valence-corrected chi connectivity index (χ4v) is 3.19. The van der Waals surface area contributed by atoms with Crippen LogP contribution in [0.25, 0.3) is 11.1 Å². The number of aliphatic hydroxyl groups excluding tert-OH is 1. The van der Waals surface area contributed by atoms with Gasteiger partial charge >= 0.3 is 0 Å². The fourth-order valence-electron chi connectivity index (χ4n) is 3.19. The summed E-state index contributed by atoms with van der Waals surface area (Å²) in [4.78, 5) is 25.5. The van der Waals surface area contributed by atoms with Gasteiger partial charge < -0.3 is 15.3 Å². The minimum absolute atomic E-state index is 0.0732. The molecule has 0 spiro atoms. The number of aliphatic hydroxyl groups is 1. The van der Waals surface area contributed by atoms with Crippen LogP contribution in [0.15, 0.2) is 42.5 Å². The minimum Gasteiger partial charge on any atom is -0.395 e. The molecule has 1 aliphatic rings. The highest BCUT2D eigenvalue weighted by atomic mass is 16.3. The number of hydrogen-bond acceptors (Lipinski definition) is 3. The summed E-state index contributed by atoms with van der Waals surface area (Å²) in [6.07, 6.45) is 1.94. The quantitative estimate of drug-likeness (QED) is 0.899. The van der Waals surface area contributed by atoms with Gasteiger partial charge in [-0.1, -0.05) is 18.2 Å². The van der Waals surface area contributed by atoms with Crippen molar-refractivity contribution in [2.75, 3.05) is 24.6 Å². The lowest BCUT2D eigenvalue weighted by atomic mass is 9.95. The van der Waals surface area contributed by atoms with Crippen LogP contribution >= 0.6 is 0 Å². The van der Waals surface area contributed by atoms with E-state index >= 15 is 0 Å². The van der Waals surface area contributed by atoms with E-state index < -0.39 is 0 Å². The van der Waals surface area contributed by atoms with Crippen molar-refractivity contribution in [3.63, 3.8) is 0 Å². The van der Waals surface area contributed by atoms with Crippen molar-refractivity contribution in [2.24, 2.45) is 0 Å². The normalized spacial score (nSPS) is 13.3. The molecule has 1 aliphatic heterocycles. The maximum Gasteiger partial charge on any atom is 0.251 e. The zero-order chi connectivity index (χ0) is 17.8. The molecule has 2 aromatic rings. The van der Waals surface area contributed by atoms with Crippen molar-refractivity contribution in [1.82, 2.24) is 5.32 Å². The molecular weight excluding hydrogens is 316 g/mol. The number of hydrogen-bond donors (Lipinski definition) is 2. The Kier molecular flexibility index (Phi) is 5.14. The molecule has 0 unspecified atom stereocenters. The van der Waals surface area contributed by atoms with Gasteiger partial charge in [-0.25, -0.2) is 0 Å². The van der Waals surface area contributed by atoms with Gasteiger partial charge in [-0.05, 0) is 53.8 Å². The molecule has 0 aromatic heterocycles. The predicted molar refractivity (Wildman–Crippen MR) is 97.6 cm³/mol. The minimum atomic E-state index is -0.192. The molecule has 130 valence electrons. The van der Waals surface area contributed by atoms with Crippen molar-refractivity contribution < 1.29 is 14.7 Å². The van der Waals surface area contributed by atoms with Crippen molar-refractivity contribution >= 4 is 17.5 Å². The van der Waals surface area contributed by atoms with Gasteiger partial charge in [-0.15, -0.1) is 0 Å². The Morgan fingerprint density at radius 2 is 1.84 bits per heavy atom. The summed E-state index contributed by atoms with van der Waals surface area (Å²) in [6, 6.07) is 13.5. The fraction of sp³-hybridized carbons (Fsp3) is 0.300. The number of fused-ring (bicyclic) bond motifs is 1. The van der Waals surface area contributed by atoms with E-state index in [0.29, 0.717) is 5.56 Å². The van der Waals surface area contributed by atoms with Crippen LogP contribution in [-0.4, -0.2) is 36.6 Å². The Morgan fingerprint density at radius 3 is 2.52 bits per heavy atom. The van der Waals surface area contributed by atoms with Gasteiger partial charge in [-0.3, -0.25) is 9.59 Å². The van der Waals surface area contributed by atoms with Crippen LogP contribution in [0, 0.1) is 0 Å². The number of anilines is 1. The second kappa shape index (κ2) is 7.49. The standard InChI is InChI=1S/C20H22N2O3/c1-14(24)22-11-2-3-18-13-17(8-9-19(18)22)15-4-6-16(7-5-15)20(25)21-10-12-23/h4-9,13,23H,2-3,10-12H2,1H3,(H,21,25). The third-order valence-corrected chi connectivity index (χ3v) is 4.46. The molecule has 0 saturated carbocycles. The summed E-state index contributed by atoms with van der Waals surface area (Å²) in [6.45, 7) is 2.55. The van der Waals surface area contributed by atoms with Gasteiger partial charge in [0.25, 0.3) is 5.91 Å². The molecule has 0 fully saturated rings. The van der Waals surface area contributed by atoms with Crippen LogP contribution in [0.5, 0.6) is 0 Å². The third kappa shape index (κ3) is 3.72. The van der Waals surface area contributed by atoms with Gasteiger partial charge in [0.1, 0.15) is 0 Å². The molecule has 0 atom stereocenters. The second-order valence-electron chi connectivity index (χ2n) is 6.17. The lowest BCUT2D eigenvalue weighted by molar-refractivity contribution is -0.116. The predicted octanol–water partition coefficient (Wildman–Crippen LogP) is 2.37. The SMILES string of the molecule is CC(=O)N1CCCc2cc(-c3ccc(C(=O)NCCO)cc3)ccc21. The topological polar surface area (TPSA) is 69.6 Å². The summed E-state index contributed by atoms with van der Waals surface area (Å²) >= 11 is 0. The number of nitrogens with one attached hydrogen (secondary N) is 1. The lowest BCUT2D eigenvalue weighted by Gasteiger charge is -2.29.